The molecule has 0 bridgehead atoms. The van der Waals surface area contributed by atoms with Gasteiger partial charge in [-0.1, -0.05) is 18.2 Å². The number of fused-ring (bicyclic) bond motifs is 2. The van der Waals surface area contributed by atoms with Crippen molar-refractivity contribution in [2.75, 3.05) is 136 Å². The van der Waals surface area contributed by atoms with Crippen LogP contribution in [0.15, 0.2) is 67.0 Å². The molecule has 0 unspecified atom stereocenters. The molecule has 2 aromatic carbocycles. The van der Waals surface area contributed by atoms with Crippen molar-refractivity contribution in [3.8, 4) is 11.1 Å². The van der Waals surface area contributed by atoms with Crippen molar-refractivity contribution < 1.29 is 37.3 Å². The summed E-state index contributed by atoms with van der Waals surface area (Å²) in [6, 6.07) is 18.0. The minimum absolute atomic E-state index is 0.232. The third-order valence-electron chi connectivity index (χ3n) is 11.7. The fourth-order valence-electron chi connectivity index (χ4n) is 8.08. The van der Waals surface area contributed by atoms with Gasteiger partial charge in [0.05, 0.1) is 49.5 Å². The lowest BCUT2D eigenvalue weighted by Crippen LogP contribution is -2.49. The van der Waals surface area contributed by atoms with E-state index in [-0.39, 0.29) is 5.91 Å². The van der Waals surface area contributed by atoms with Crippen LogP contribution in [-0.4, -0.2) is 199 Å². The number of aliphatic carboxylic acids is 1. The highest BCUT2D eigenvalue weighted by atomic mass is 19.4. The second kappa shape index (κ2) is 22.6. The number of nitrogens with zero attached hydrogens (tertiary/aromatic N) is 7. The van der Waals surface area contributed by atoms with Gasteiger partial charge in [-0.2, -0.15) is 18.3 Å². The number of hydrogen-bond acceptors (Lipinski definition) is 12. The molecule has 19 heteroatoms. The molecule has 0 atom stereocenters. The fourth-order valence-corrected chi connectivity index (χ4v) is 8.08. The molecule has 9 rings (SSSR count). The molecule has 4 fully saturated rings. The molecule has 63 heavy (non-hydrogen) atoms. The van der Waals surface area contributed by atoms with E-state index < -0.39 is 12.1 Å². The van der Waals surface area contributed by atoms with Gasteiger partial charge in [0.25, 0.3) is 5.91 Å². The lowest BCUT2D eigenvalue weighted by molar-refractivity contribution is -0.192. The second-order valence-electron chi connectivity index (χ2n) is 16.0. The molecule has 0 aliphatic carbocycles. The lowest BCUT2D eigenvalue weighted by atomic mass is 9.99. The summed E-state index contributed by atoms with van der Waals surface area (Å²) in [6.07, 6.45) is -1.40. The number of carboxylic acid groups (broad SMARTS) is 1. The number of carbonyl (C=O) groups is 2. The Kier molecular flexibility index (Phi) is 16.5. The van der Waals surface area contributed by atoms with Crippen LogP contribution in [-0.2, 0) is 20.8 Å². The number of halogens is 3. The molecule has 0 radical (unpaired) electrons. The van der Waals surface area contributed by atoms with Gasteiger partial charge in [-0.15, -0.1) is 0 Å². The maximum Gasteiger partial charge on any atom is 0.490 e. The van der Waals surface area contributed by atoms with Crippen LogP contribution in [0.3, 0.4) is 0 Å². The number of pyridine rings is 1. The summed E-state index contributed by atoms with van der Waals surface area (Å²) in [7, 11) is 0. The third kappa shape index (κ3) is 13.5. The second-order valence-corrected chi connectivity index (χ2v) is 16.0. The molecule has 5 N–H and O–H groups in total. The van der Waals surface area contributed by atoms with E-state index in [2.05, 4.69) is 74.6 Å². The minimum atomic E-state index is -5.08. The van der Waals surface area contributed by atoms with E-state index in [9.17, 15) is 18.0 Å². The van der Waals surface area contributed by atoms with E-state index in [1.807, 2.05) is 30.5 Å². The van der Waals surface area contributed by atoms with Crippen molar-refractivity contribution in [2.45, 2.75) is 12.7 Å². The van der Waals surface area contributed by atoms with Crippen molar-refractivity contribution in [2.24, 2.45) is 0 Å². The van der Waals surface area contributed by atoms with Crippen LogP contribution >= 0.6 is 0 Å². The molecule has 340 valence electrons. The first-order valence-corrected chi connectivity index (χ1v) is 21.7. The van der Waals surface area contributed by atoms with Crippen molar-refractivity contribution in [3.63, 3.8) is 0 Å². The zero-order valence-corrected chi connectivity index (χ0v) is 35.5. The standard InChI is InChI=1S/C32H36N8O2.C10H21N3O.C2HF3O2/c41-32(36-30-19-23(20-31-27(30)21-34-37-31)25-4-2-5-28-26(25)7-8-33-28)29-6-1-3-24(35-29)22-40-13-11-38(12-14-40)9-10-39-15-17-42-18-16-39;1-3-12(4-2-11-1)5-6-13-7-9-14-10-8-13;3-2(4,5)1(6)7/h1-8,19-21,33H,9-18,22H2,(H,34,37)(H,36,41);11H,1-10H2;(H,6,7). The van der Waals surface area contributed by atoms with Gasteiger partial charge < -0.3 is 30.2 Å². The number of ether oxygens (including phenoxy) is 2. The Hall–Kier alpha value is -4.99. The number of rotatable bonds is 11. The number of hydrogen-bond donors (Lipinski definition) is 5. The zero-order chi connectivity index (χ0) is 44.0. The Morgan fingerprint density at radius 2 is 1.30 bits per heavy atom. The average molecular weight is 878 g/mol. The lowest BCUT2D eigenvalue weighted by Gasteiger charge is -2.36. The van der Waals surface area contributed by atoms with Crippen molar-refractivity contribution in [1.82, 2.24) is 50.0 Å². The summed E-state index contributed by atoms with van der Waals surface area (Å²) in [5.41, 5.74) is 6.03. The Morgan fingerprint density at radius 1 is 0.714 bits per heavy atom. The summed E-state index contributed by atoms with van der Waals surface area (Å²) in [6.45, 7) is 22.1. The average Bonchev–Trinajstić information content (AvgIpc) is 4.00. The van der Waals surface area contributed by atoms with E-state index >= 15 is 0 Å². The molecule has 16 nitrogen and oxygen atoms in total. The fraction of sp³-hybridized carbons (Fsp3) is 0.500. The first-order valence-electron chi connectivity index (χ1n) is 21.7. The molecule has 4 aliphatic rings. The van der Waals surface area contributed by atoms with Gasteiger partial charge in [-0.05, 0) is 47.5 Å². The van der Waals surface area contributed by atoms with Crippen molar-refractivity contribution in [3.05, 3.63) is 78.4 Å². The number of amides is 1. The quantitative estimate of drug-likeness (QED) is 0.131. The van der Waals surface area contributed by atoms with Gasteiger partial charge in [0.15, 0.2) is 0 Å². The number of piperazine rings is 2. The highest BCUT2D eigenvalue weighted by Gasteiger charge is 2.38. The van der Waals surface area contributed by atoms with E-state index in [4.69, 9.17) is 24.4 Å². The van der Waals surface area contributed by atoms with Crippen LogP contribution in [0, 0.1) is 0 Å². The summed E-state index contributed by atoms with van der Waals surface area (Å²) >= 11 is 0. The Balaban J connectivity index is 0.000000233. The predicted molar refractivity (Wildman–Crippen MR) is 235 cm³/mol. The number of aromatic nitrogens is 4. The number of H-pyrrole nitrogens is 2. The van der Waals surface area contributed by atoms with Crippen LogP contribution in [0.5, 0.6) is 0 Å². The molecule has 5 aromatic rings. The van der Waals surface area contributed by atoms with E-state index in [0.717, 1.165) is 150 Å². The number of benzene rings is 2. The SMILES string of the molecule is C1CN(CCN2CCOCC2)CCN1.O=C(Nc1cc(-c2cccc3[nH]ccc23)cc2[nH]ncc12)c1cccc(CN2CCN(CCN3CCOCC3)CC2)n1.O=C(O)C(F)(F)F. The molecule has 4 aliphatic heterocycles. The summed E-state index contributed by atoms with van der Waals surface area (Å²) in [4.78, 5) is 42.9. The zero-order valence-electron chi connectivity index (χ0n) is 35.5. The molecule has 3 aromatic heterocycles. The molecule has 4 saturated heterocycles. The van der Waals surface area contributed by atoms with Gasteiger partial charge >= 0.3 is 12.1 Å². The monoisotopic (exact) mass is 877 g/mol. The predicted octanol–water partition coefficient (Wildman–Crippen LogP) is 3.67. The topological polar surface area (TPSA) is 170 Å². The molecular weight excluding hydrogens is 820 g/mol. The molecule has 0 saturated carbocycles. The third-order valence-corrected chi connectivity index (χ3v) is 11.7. The van der Waals surface area contributed by atoms with Crippen LogP contribution < -0.4 is 10.6 Å². The van der Waals surface area contributed by atoms with Crippen molar-refractivity contribution in [1.29, 1.82) is 0 Å². The van der Waals surface area contributed by atoms with Crippen LogP contribution in [0.4, 0.5) is 18.9 Å². The normalized spacial score (nSPS) is 18.7. The van der Waals surface area contributed by atoms with Crippen LogP contribution in [0.1, 0.15) is 16.2 Å². The maximum atomic E-state index is 13.4. The first kappa shape index (κ1) is 46.0. The Morgan fingerprint density at radius 3 is 1.94 bits per heavy atom. The van der Waals surface area contributed by atoms with Crippen LogP contribution in [0.2, 0.25) is 0 Å². The minimum Gasteiger partial charge on any atom is -0.475 e. The van der Waals surface area contributed by atoms with Gasteiger partial charge in [0, 0.05) is 134 Å². The largest absolute Gasteiger partial charge is 0.490 e. The molecular formula is C44H58F3N11O5. The van der Waals surface area contributed by atoms with Crippen LogP contribution in [0.25, 0.3) is 32.9 Å². The number of aromatic amines is 2. The Bertz CT molecular complexity index is 2190. The number of nitrogens with one attached hydrogen (secondary N) is 4. The van der Waals surface area contributed by atoms with Gasteiger partial charge in [0.1, 0.15) is 5.69 Å². The number of morpholine rings is 2. The number of carboxylic acids is 1. The van der Waals surface area contributed by atoms with Gasteiger partial charge in [0.2, 0.25) is 0 Å². The number of alkyl halides is 3. The maximum absolute atomic E-state index is 13.4. The summed E-state index contributed by atoms with van der Waals surface area (Å²) in [5, 5.41) is 22.9. The first-order chi connectivity index (χ1) is 30.6. The molecule has 7 heterocycles. The summed E-state index contributed by atoms with van der Waals surface area (Å²) < 4.78 is 42.5. The smallest absolute Gasteiger partial charge is 0.475 e. The van der Waals surface area contributed by atoms with Gasteiger partial charge in [-0.25, -0.2) is 9.78 Å². The van der Waals surface area contributed by atoms with Crippen molar-refractivity contribution >= 4 is 39.4 Å². The highest BCUT2D eigenvalue weighted by molar-refractivity contribution is 6.09. The van der Waals surface area contributed by atoms with E-state index in [0.29, 0.717) is 11.4 Å². The number of carbonyl (C=O) groups excluding carboxylic acids is 1. The molecule has 0 spiro atoms. The highest BCUT2D eigenvalue weighted by Crippen LogP contribution is 2.34. The van der Waals surface area contributed by atoms with Gasteiger partial charge in [-0.3, -0.25) is 34.4 Å². The Labute approximate surface area is 364 Å². The van der Waals surface area contributed by atoms with E-state index in [1.54, 1.807) is 12.3 Å². The summed E-state index contributed by atoms with van der Waals surface area (Å²) in [5.74, 6) is -2.99. The number of anilines is 1. The molecule has 1 amide bonds. The van der Waals surface area contributed by atoms with E-state index in [1.165, 1.54) is 26.2 Å².